The largest absolute Gasteiger partial charge is 0.490 e. The average Bonchev–Trinajstić information content (AvgIpc) is 3.41. The third-order valence-electron chi connectivity index (χ3n) is 5.70. The summed E-state index contributed by atoms with van der Waals surface area (Å²) in [6.07, 6.45) is 7.24. The van der Waals surface area contributed by atoms with Gasteiger partial charge in [0, 0.05) is 45.2 Å². The number of nitrogens with zero attached hydrogens (tertiary/aromatic N) is 6. The van der Waals surface area contributed by atoms with Crippen LogP contribution in [0.5, 0.6) is 11.6 Å². The highest BCUT2D eigenvalue weighted by Crippen LogP contribution is 2.35. The van der Waals surface area contributed by atoms with Gasteiger partial charge in [0.1, 0.15) is 22.9 Å². The zero-order valence-corrected chi connectivity index (χ0v) is 19.8. The third-order valence-corrected chi connectivity index (χ3v) is 5.70. The van der Waals surface area contributed by atoms with Crippen molar-refractivity contribution in [3.63, 3.8) is 0 Å². The van der Waals surface area contributed by atoms with Crippen LogP contribution in [0.2, 0.25) is 0 Å². The van der Waals surface area contributed by atoms with Crippen molar-refractivity contribution in [2.75, 3.05) is 19.0 Å². The van der Waals surface area contributed by atoms with Crippen LogP contribution in [0.1, 0.15) is 23.7 Å². The summed E-state index contributed by atoms with van der Waals surface area (Å²) < 4.78 is 20.8. The highest BCUT2D eigenvalue weighted by atomic mass is 16.5. The molecule has 4 aromatic heterocycles. The molecule has 0 spiro atoms. The Morgan fingerprint density at radius 1 is 1.17 bits per heavy atom. The second-order valence-electron chi connectivity index (χ2n) is 8.23. The van der Waals surface area contributed by atoms with Crippen LogP contribution < -0.4 is 14.8 Å². The summed E-state index contributed by atoms with van der Waals surface area (Å²) in [7, 11) is 5.03. The summed E-state index contributed by atoms with van der Waals surface area (Å²) in [5.41, 5.74) is 2.66. The second kappa shape index (κ2) is 9.09. The molecule has 5 rings (SSSR count). The monoisotopic (exact) mass is 475 g/mol. The maximum absolute atomic E-state index is 12.0. The summed E-state index contributed by atoms with van der Waals surface area (Å²) in [5.74, 6) is 2.41. The fourth-order valence-electron chi connectivity index (χ4n) is 3.89. The predicted octanol–water partition coefficient (Wildman–Crippen LogP) is 3.36. The Kier molecular flexibility index (Phi) is 5.81. The molecule has 4 aromatic rings. The van der Waals surface area contributed by atoms with Gasteiger partial charge in [-0.3, -0.25) is 0 Å². The zero-order valence-electron chi connectivity index (χ0n) is 19.8. The Balaban J connectivity index is 1.57. The first-order valence-corrected chi connectivity index (χ1v) is 11.1. The Bertz CT molecular complexity index is 1390. The molecule has 1 N–H and O–H groups in total. The third kappa shape index (κ3) is 4.39. The van der Waals surface area contributed by atoms with E-state index >= 15 is 0 Å². The summed E-state index contributed by atoms with van der Waals surface area (Å²) in [4.78, 5) is 25.6. The fraction of sp³-hybridized carbons (Fsp3) is 0.292. The maximum Gasteiger partial charge on any atom is 0.339 e. The molecule has 11 nitrogen and oxygen atoms in total. The number of rotatable bonds is 2. The lowest BCUT2D eigenvalue weighted by atomic mass is 10.1. The second-order valence-corrected chi connectivity index (χ2v) is 8.23. The van der Waals surface area contributed by atoms with Gasteiger partial charge in [-0.25, -0.2) is 24.4 Å². The molecule has 0 saturated heterocycles. The minimum absolute atomic E-state index is 0.168. The number of esters is 1. The molecule has 0 radical (unpaired) electrons. The van der Waals surface area contributed by atoms with E-state index in [2.05, 4.69) is 25.4 Å². The number of hydrogen-bond donors (Lipinski definition) is 1. The maximum atomic E-state index is 12.0. The van der Waals surface area contributed by atoms with E-state index in [0.717, 1.165) is 11.3 Å². The smallest absolute Gasteiger partial charge is 0.339 e. The first-order chi connectivity index (χ1) is 16.9. The fourth-order valence-corrected chi connectivity index (χ4v) is 3.89. The highest BCUT2D eigenvalue weighted by molar-refractivity contribution is 5.91. The molecule has 0 amide bonds. The van der Waals surface area contributed by atoms with Gasteiger partial charge in [0.15, 0.2) is 5.82 Å². The molecule has 0 aromatic carbocycles. The van der Waals surface area contributed by atoms with E-state index in [-0.39, 0.29) is 6.10 Å². The number of hydrogen-bond acceptors (Lipinski definition) is 9. The number of aryl methyl sites for hydroxylation is 2. The van der Waals surface area contributed by atoms with Gasteiger partial charge in [-0.1, -0.05) is 0 Å². The lowest BCUT2D eigenvalue weighted by molar-refractivity contribution is 0.0600. The first-order valence-electron chi connectivity index (χ1n) is 11.1. The summed E-state index contributed by atoms with van der Waals surface area (Å²) in [5, 5.41) is 7.53. The van der Waals surface area contributed by atoms with Crippen molar-refractivity contribution in [1.29, 1.82) is 0 Å². The number of methoxy groups -OCH3 is 1. The van der Waals surface area contributed by atoms with Gasteiger partial charge in [-0.15, -0.1) is 0 Å². The SMILES string of the molecule is COC(=O)c1cc(-c2cnc3cc2O[C@@H](C)CCOc2c(cnn2C)-c2nccc(n2)N3)n(C)c1. The van der Waals surface area contributed by atoms with Gasteiger partial charge in [0.2, 0.25) is 5.88 Å². The van der Waals surface area contributed by atoms with Gasteiger partial charge in [0.05, 0.1) is 42.8 Å². The molecule has 11 heteroatoms. The molecule has 4 bridgehead atoms. The van der Waals surface area contributed by atoms with E-state index in [1.54, 1.807) is 41.6 Å². The van der Waals surface area contributed by atoms with Crippen LogP contribution in [0, 0.1) is 0 Å². The van der Waals surface area contributed by atoms with E-state index in [9.17, 15) is 4.79 Å². The summed E-state index contributed by atoms with van der Waals surface area (Å²) in [6, 6.07) is 5.33. The van der Waals surface area contributed by atoms with Gasteiger partial charge < -0.3 is 24.1 Å². The van der Waals surface area contributed by atoms with Crippen LogP contribution in [0.3, 0.4) is 0 Å². The highest BCUT2D eigenvalue weighted by Gasteiger charge is 2.20. The Hall–Kier alpha value is -4.41. The van der Waals surface area contributed by atoms with E-state index in [1.807, 2.05) is 31.7 Å². The van der Waals surface area contributed by atoms with Gasteiger partial charge in [-0.05, 0) is 19.1 Å². The molecule has 1 aliphatic heterocycles. The molecular formula is C24H25N7O4. The van der Waals surface area contributed by atoms with Crippen LogP contribution in [0.4, 0.5) is 11.6 Å². The van der Waals surface area contributed by atoms with E-state index in [1.165, 1.54) is 7.11 Å². The quantitative estimate of drug-likeness (QED) is 0.435. The number of ether oxygens (including phenoxy) is 3. The predicted molar refractivity (Wildman–Crippen MR) is 128 cm³/mol. The van der Waals surface area contributed by atoms with Crippen LogP contribution in [0.25, 0.3) is 22.6 Å². The number of pyridine rings is 1. The number of aromatic nitrogens is 6. The molecule has 0 aliphatic carbocycles. The standard InChI is InChI=1S/C24H25N7O4/c1-14-6-8-34-23-17(12-27-31(23)3)22-25-7-5-20(29-22)28-21-10-19(35-14)16(11-26-21)18-9-15(13-30(18)2)24(32)33-4/h5,7,9-14H,6,8H2,1-4H3,(H,25,26,28,29)/t14-/m0/s1. The molecule has 5 heterocycles. The molecule has 1 atom stereocenters. The van der Waals surface area contributed by atoms with Crippen molar-refractivity contribution in [3.05, 3.63) is 48.5 Å². The summed E-state index contributed by atoms with van der Waals surface area (Å²) >= 11 is 0. The number of fused-ring (bicyclic) bond motifs is 6. The molecule has 0 saturated carbocycles. The van der Waals surface area contributed by atoms with Crippen molar-refractivity contribution >= 4 is 17.6 Å². The number of carbonyl (C=O) groups is 1. The number of nitrogens with one attached hydrogen (secondary N) is 1. The van der Waals surface area contributed by atoms with E-state index in [4.69, 9.17) is 14.2 Å². The molecule has 1 aliphatic rings. The van der Waals surface area contributed by atoms with Crippen LogP contribution >= 0.6 is 0 Å². The van der Waals surface area contributed by atoms with Crippen LogP contribution in [0.15, 0.2) is 43.0 Å². The first kappa shape index (κ1) is 22.4. The van der Waals surface area contributed by atoms with E-state index in [0.29, 0.717) is 53.2 Å². The molecule has 0 fully saturated rings. The topological polar surface area (TPSA) is 118 Å². The lowest BCUT2D eigenvalue weighted by Gasteiger charge is -2.19. The van der Waals surface area contributed by atoms with Crippen molar-refractivity contribution in [2.45, 2.75) is 19.4 Å². The molecular weight excluding hydrogens is 450 g/mol. The van der Waals surface area contributed by atoms with Crippen molar-refractivity contribution in [2.24, 2.45) is 14.1 Å². The average molecular weight is 476 g/mol. The minimum atomic E-state index is -0.408. The van der Waals surface area contributed by atoms with Gasteiger partial charge >= 0.3 is 5.97 Å². The van der Waals surface area contributed by atoms with Crippen molar-refractivity contribution < 1.29 is 19.0 Å². The normalized spacial score (nSPS) is 15.1. The van der Waals surface area contributed by atoms with Crippen molar-refractivity contribution in [1.82, 2.24) is 29.3 Å². The Morgan fingerprint density at radius 2 is 2.03 bits per heavy atom. The number of anilines is 2. The molecule has 180 valence electrons. The van der Waals surface area contributed by atoms with Crippen LogP contribution in [-0.4, -0.2) is 55.1 Å². The molecule has 35 heavy (non-hydrogen) atoms. The zero-order chi connectivity index (χ0) is 24.5. The Labute approximate surface area is 201 Å². The van der Waals surface area contributed by atoms with Crippen LogP contribution in [-0.2, 0) is 18.8 Å². The van der Waals surface area contributed by atoms with Gasteiger partial charge in [0.25, 0.3) is 0 Å². The van der Waals surface area contributed by atoms with E-state index < -0.39 is 5.97 Å². The van der Waals surface area contributed by atoms with Crippen molar-refractivity contribution in [3.8, 4) is 34.3 Å². The molecule has 0 unspecified atom stereocenters. The minimum Gasteiger partial charge on any atom is -0.490 e. The number of carbonyl (C=O) groups excluding carboxylic acids is 1. The summed E-state index contributed by atoms with van der Waals surface area (Å²) in [6.45, 7) is 2.39. The van der Waals surface area contributed by atoms with Gasteiger partial charge in [-0.2, -0.15) is 5.10 Å². The Morgan fingerprint density at radius 3 is 2.86 bits per heavy atom. The lowest BCUT2D eigenvalue weighted by Crippen LogP contribution is -2.17.